The summed E-state index contributed by atoms with van der Waals surface area (Å²) >= 11 is 1.36. The third kappa shape index (κ3) is 4.95. The average molecular weight is 375 g/mol. The van der Waals surface area contributed by atoms with Crippen LogP contribution in [-0.4, -0.2) is 48.0 Å². The molecule has 1 saturated carbocycles. The van der Waals surface area contributed by atoms with Crippen molar-refractivity contribution in [3.8, 4) is 11.5 Å². The van der Waals surface area contributed by atoms with E-state index in [1.807, 2.05) is 12.1 Å². The molecule has 1 aromatic carbocycles. The van der Waals surface area contributed by atoms with Crippen LogP contribution in [-0.2, 0) is 9.59 Å². The van der Waals surface area contributed by atoms with Gasteiger partial charge in [-0.2, -0.15) is 0 Å². The fourth-order valence-corrected chi connectivity index (χ4v) is 3.09. The Balaban J connectivity index is 1.50. The molecule has 2 amide bonds. The summed E-state index contributed by atoms with van der Waals surface area (Å²) < 4.78 is 10.8. The van der Waals surface area contributed by atoms with E-state index in [-0.39, 0.29) is 30.9 Å². The number of rotatable bonds is 9. The average Bonchev–Trinajstić information content (AvgIpc) is 3.36. The van der Waals surface area contributed by atoms with Gasteiger partial charge in [0.1, 0.15) is 0 Å². The number of carbonyl (C=O) groups is 2. The molecule has 0 unspecified atom stereocenters. The number of amides is 2. The minimum atomic E-state index is -0.149. The van der Waals surface area contributed by atoms with E-state index in [0.717, 1.165) is 12.8 Å². The number of hydrogen-bond acceptors (Lipinski definition) is 6. The lowest BCUT2D eigenvalue weighted by atomic mass is 10.3. The molecule has 0 radical (unpaired) electrons. The van der Waals surface area contributed by atoms with Gasteiger partial charge in [0.15, 0.2) is 23.2 Å². The van der Waals surface area contributed by atoms with Crippen molar-refractivity contribution in [1.29, 1.82) is 0 Å². The molecule has 7 nitrogen and oxygen atoms in total. The summed E-state index contributed by atoms with van der Waals surface area (Å²) in [4.78, 5) is 30.3. The highest BCUT2D eigenvalue weighted by molar-refractivity contribution is 7.13. The smallest absolute Gasteiger partial charge is 0.260 e. The number of benzene rings is 1. The summed E-state index contributed by atoms with van der Waals surface area (Å²) in [5.74, 6) is 0.839. The Morgan fingerprint density at radius 1 is 1.31 bits per heavy atom. The molecule has 0 bridgehead atoms. The third-order valence-electron chi connectivity index (χ3n) is 3.99. The largest absolute Gasteiger partial charge is 0.493 e. The van der Waals surface area contributed by atoms with Crippen molar-refractivity contribution in [2.75, 3.05) is 25.6 Å². The van der Waals surface area contributed by atoms with Gasteiger partial charge in [-0.1, -0.05) is 12.1 Å². The van der Waals surface area contributed by atoms with Crippen LogP contribution in [0.15, 0.2) is 35.8 Å². The van der Waals surface area contributed by atoms with Crippen molar-refractivity contribution in [3.63, 3.8) is 0 Å². The molecule has 8 heteroatoms. The predicted molar refractivity (Wildman–Crippen MR) is 98.6 cm³/mol. The minimum Gasteiger partial charge on any atom is -0.493 e. The molecule has 26 heavy (non-hydrogen) atoms. The summed E-state index contributed by atoms with van der Waals surface area (Å²) in [6, 6.07) is 7.40. The van der Waals surface area contributed by atoms with Crippen LogP contribution >= 0.6 is 11.3 Å². The Kier molecular flexibility index (Phi) is 6.06. The van der Waals surface area contributed by atoms with E-state index in [9.17, 15) is 9.59 Å². The van der Waals surface area contributed by atoms with Crippen molar-refractivity contribution in [2.24, 2.45) is 0 Å². The van der Waals surface area contributed by atoms with Gasteiger partial charge < -0.3 is 19.7 Å². The maximum atomic E-state index is 12.5. The maximum absolute atomic E-state index is 12.5. The first-order valence-electron chi connectivity index (χ1n) is 8.42. The zero-order valence-electron chi connectivity index (χ0n) is 14.5. The molecule has 1 aromatic heterocycles. The lowest BCUT2D eigenvalue weighted by Crippen LogP contribution is -2.38. The molecule has 1 fully saturated rings. The summed E-state index contributed by atoms with van der Waals surface area (Å²) in [5.41, 5.74) is 0. The third-order valence-corrected chi connectivity index (χ3v) is 4.68. The lowest BCUT2D eigenvalue weighted by molar-refractivity contribution is -0.134. The second kappa shape index (κ2) is 8.66. The number of methoxy groups -OCH3 is 1. The molecular weight excluding hydrogens is 354 g/mol. The van der Waals surface area contributed by atoms with Crippen LogP contribution < -0.4 is 14.8 Å². The van der Waals surface area contributed by atoms with Crippen molar-refractivity contribution < 1.29 is 19.1 Å². The van der Waals surface area contributed by atoms with Gasteiger partial charge in [0.05, 0.1) is 7.11 Å². The minimum absolute atomic E-state index is 0.0784. The maximum Gasteiger partial charge on any atom is 0.260 e. The van der Waals surface area contributed by atoms with Gasteiger partial charge in [-0.25, -0.2) is 4.98 Å². The van der Waals surface area contributed by atoms with E-state index in [1.54, 1.807) is 35.7 Å². The molecular formula is C18H21N3O4S. The molecule has 0 spiro atoms. The van der Waals surface area contributed by atoms with Crippen LogP contribution in [0.5, 0.6) is 11.5 Å². The fourth-order valence-electron chi connectivity index (χ4n) is 2.55. The Morgan fingerprint density at radius 3 is 2.73 bits per heavy atom. The second-order valence-electron chi connectivity index (χ2n) is 5.89. The van der Waals surface area contributed by atoms with Crippen LogP contribution in [0.2, 0.25) is 0 Å². The van der Waals surface area contributed by atoms with Crippen LogP contribution in [0.1, 0.15) is 19.3 Å². The molecule has 0 saturated heterocycles. The summed E-state index contributed by atoms with van der Waals surface area (Å²) in [7, 11) is 1.56. The SMILES string of the molecule is COc1ccccc1OCC(=O)N(CCC(=O)Nc1nccs1)C1CC1. The topological polar surface area (TPSA) is 80.8 Å². The Labute approximate surface area is 155 Å². The van der Waals surface area contributed by atoms with Crippen molar-refractivity contribution in [3.05, 3.63) is 35.8 Å². The number of nitrogens with zero attached hydrogens (tertiary/aromatic N) is 2. The van der Waals surface area contributed by atoms with Gasteiger partial charge in [-0.3, -0.25) is 9.59 Å². The van der Waals surface area contributed by atoms with Gasteiger partial charge in [0, 0.05) is 30.6 Å². The van der Waals surface area contributed by atoms with Gasteiger partial charge >= 0.3 is 0 Å². The van der Waals surface area contributed by atoms with Crippen LogP contribution in [0, 0.1) is 0 Å². The molecule has 1 N–H and O–H groups in total. The number of thiazole rings is 1. The van der Waals surface area contributed by atoms with Crippen molar-refractivity contribution in [1.82, 2.24) is 9.88 Å². The monoisotopic (exact) mass is 375 g/mol. The summed E-state index contributed by atoms with van der Waals surface area (Å²) in [6.07, 6.45) is 3.80. The predicted octanol–water partition coefficient (Wildman–Crippen LogP) is 2.55. The van der Waals surface area contributed by atoms with Crippen LogP contribution in [0.3, 0.4) is 0 Å². The summed E-state index contributed by atoms with van der Waals surface area (Å²) in [5, 5.41) is 5.10. The molecule has 1 aliphatic rings. The zero-order chi connectivity index (χ0) is 18.4. The lowest BCUT2D eigenvalue weighted by Gasteiger charge is -2.22. The first-order valence-corrected chi connectivity index (χ1v) is 9.30. The number of aromatic nitrogens is 1. The second-order valence-corrected chi connectivity index (χ2v) is 6.79. The van der Waals surface area contributed by atoms with Crippen LogP contribution in [0.4, 0.5) is 5.13 Å². The van der Waals surface area contributed by atoms with E-state index in [4.69, 9.17) is 9.47 Å². The molecule has 0 aliphatic heterocycles. The van der Waals surface area contributed by atoms with Gasteiger partial charge in [-0.15, -0.1) is 11.3 Å². The number of anilines is 1. The highest BCUT2D eigenvalue weighted by Crippen LogP contribution is 2.28. The molecule has 0 atom stereocenters. The fraction of sp³-hybridized carbons (Fsp3) is 0.389. The van der Waals surface area contributed by atoms with E-state index in [2.05, 4.69) is 10.3 Å². The highest BCUT2D eigenvalue weighted by atomic mass is 32.1. The van der Waals surface area contributed by atoms with E-state index >= 15 is 0 Å². The quantitative estimate of drug-likeness (QED) is 0.728. The number of para-hydroxylation sites is 2. The van der Waals surface area contributed by atoms with E-state index in [0.29, 0.717) is 23.2 Å². The normalized spacial score (nSPS) is 13.1. The van der Waals surface area contributed by atoms with Crippen molar-refractivity contribution in [2.45, 2.75) is 25.3 Å². The molecule has 138 valence electrons. The number of hydrogen-bond donors (Lipinski definition) is 1. The van der Waals surface area contributed by atoms with Gasteiger partial charge in [-0.05, 0) is 25.0 Å². The molecule has 1 heterocycles. The van der Waals surface area contributed by atoms with Crippen molar-refractivity contribution >= 4 is 28.3 Å². The molecule has 1 aliphatic carbocycles. The van der Waals surface area contributed by atoms with Gasteiger partial charge in [0.25, 0.3) is 5.91 Å². The Bertz CT molecular complexity index is 747. The zero-order valence-corrected chi connectivity index (χ0v) is 15.3. The number of carbonyl (C=O) groups excluding carboxylic acids is 2. The van der Waals surface area contributed by atoms with Gasteiger partial charge in [0.2, 0.25) is 5.91 Å². The van der Waals surface area contributed by atoms with E-state index < -0.39 is 0 Å². The number of ether oxygens (including phenoxy) is 2. The highest BCUT2D eigenvalue weighted by Gasteiger charge is 2.32. The first-order chi connectivity index (χ1) is 12.7. The molecule has 2 aromatic rings. The van der Waals surface area contributed by atoms with E-state index in [1.165, 1.54) is 11.3 Å². The Hall–Kier alpha value is -2.61. The summed E-state index contributed by atoms with van der Waals surface area (Å²) in [6.45, 7) is 0.293. The van der Waals surface area contributed by atoms with Crippen LogP contribution in [0.25, 0.3) is 0 Å². The first kappa shape index (κ1) is 18.2. The molecule has 3 rings (SSSR count). The number of nitrogens with one attached hydrogen (secondary N) is 1. The Morgan fingerprint density at radius 2 is 2.08 bits per heavy atom. The standard InChI is InChI=1S/C18H21N3O4S/c1-24-14-4-2-3-5-15(14)25-12-17(23)21(13-6-7-13)10-8-16(22)20-18-19-9-11-26-18/h2-5,9,11,13H,6-8,10,12H2,1H3,(H,19,20,22).